The average Bonchev–Trinajstić information content (AvgIpc) is 2.11. The second kappa shape index (κ2) is 6.11. The van der Waals surface area contributed by atoms with Crippen molar-refractivity contribution in [3.63, 3.8) is 0 Å². The highest BCUT2D eigenvalue weighted by atomic mass is 16.6. The van der Waals surface area contributed by atoms with Crippen molar-refractivity contribution in [1.29, 1.82) is 0 Å². The third-order valence-electron chi connectivity index (χ3n) is 1.66. The van der Waals surface area contributed by atoms with Crippen LogP contribution < -0.4 is 5.32 Å². The van der Waals surface area contributed by atoms with E-state index in [9.17, 15) is 9.59 Å². The number of carbonyl (C=O) groups excluding carboxylic acids is 2. The average molecular weight is 226 g/mol. The van der Waals surface area contributed by atoms with Gasteiger partial charge in [0.1, 0.15) is 11.6 Å². The van der Waals surface area contributed by atoms with E-state index >= 15 is 0 Å². The van der Waals surface area contributed by atoms with E-state index in [1.165, 1.54) is 0 Å². The van der Waals surface area contributed by atoms with Gasteiger partial charge in [-0.25, -0.2) is 11.4 Å². The van der Waals surface area contributed by atoms with Crippen molar-refractivity contribution >= 4 is 11.9 Å². The SMILES string of the molecule is [C-]#[N+]CC(=O)NC(CC)C(=O)OC(C)(C)C. The molecule has 0 radical (unpaired) electrons. The van der Waals surface area contributed by atoms with E-state index in [1.807, 2.05) is 0 Å². The lowest BCUT2D eigenvalue weighted by atomic mass is 10.1. The molecule has 0 aliphatic rings. The minimum absolute atomic E-state index is 0.265. The fourth-order valence-corrected chi connectivity index (χ4v) is 1.01. The molecule has 0 aromatic rings. The van der Waals surface area contributed by atoms with Crippen LogP contribution in [0.25, 0.3) is 4.85 Å². The van der Waals surface area contributed by atoms with Crippen LogP contribution in [0.15, 0.2) is 0 Å². The van der Waals surface area contributed by atoms with Gasteiger partial charge in [-0.3, -0.25) is 4.79 Å². The standard InChI is InChI=1S/C11H18N2O3/c1-6-8(13-9(14)7-12-5)10(15)16-11(2,3)4/h8H,6-7H2,1-4H3,(H,13,14). The van der Waals surface area contributed by atoms with Crippen LogP contribution in [-0.2, 0) is 14.3 Å². The lowest BCUT2D eigenvalue weighted by Crippen LogP contribution is -2.44. The number of esters is 1. The van der Waals surface area contributed by atoms with Gasteiger partial charge in [-0.1, -0.05) is 6.92 Å². The van der Waals surface area contributed by atoms with E-state index < -0.39 is 23.5 Å². The molecule has 0 aliphatic heterocycles. The molecule has 0 heterocycles. The number of ether oxygens (including phenoxy) is 1. The number of carbonyl (C=O) groups is 2. The topological polar surface area (TPSA) is 59.8 Å². The summed E-state index contributed by atoms with van der Waals surface area (Å²) in [4.78, 5) is 25.7. The molecule has 0 saturated carbocycles. The molecule has 16 heavy (non-hydrogen) atoms. The van der Waals surface area contributed by atoms with Crippen molar-refractivity contribution < 1.29 is 14.3 Å². The Hall–Kier alpha value is -1.57. The van der Waals surface area contributed by atoms with Crippen LogP contribution in [0.5, 0.6) is 0 Å². The van der Waals surface area contributed by atoms with Gasteiger partial charge in [-0.2, -0.15) is 0 Å². The minimum Gasteiger partial charge on any atom is -0.458 e. The first kappa shape index (κ1) is 14.4. The van der Waals surface area contributed by atoms with Gasteiger partial charge in [-0.05, 0) is 27.2 Å². The Morgan fingerprint density at radius 2 is 2.00 bits per heavy atom. The highest BCUT2D eigenvalue weighted by Crippen LogP contribution is 2.09. The fourth-order valence-electron chi connectivity index (χ4n) is 1.01. The van der Waals surface area contributed by atoms with Gasteiger partial charge >= 0.3 is 11.9 Å². The second-order valence-electron chi connectivity index (χ2n) is 4.38. The van der Waals surface area contributed by atoms with Gasteiger partial charge in [0.2, 0.25) is 0 Å². The molecule has 0 aromatic heterocycles. The molecule has 1 unspecified atom stereocenters. The van der Waals surface area contributed by atoms with Crippen molar-refractivity contribution in [2.45, 2.75) is 45.8 Å². The zero-order valence-electron chi connectivity index (χ0n) is 10.2. The summed E-state index contributed by atoms with van der Waals surface area (Å²) in [6, 6.07) is -0.673. The molecule has 0 saturated heterocycles. The van der Waals surface area contributed by atoms with E-state index in [0.717, 1.165) is 0 Å². The van der Waals surface area contributed by atoms with Gasteiger partial charge in [0.25, 0.3) is 6.54 Å². The van der Waals surface area contributed by atoms with Crippen molar-refractivity contribution in [1.82, 2.24) is 5.32 Å². The Morgan fingerprint density at radius 3 is 2.38 bits per heavy atom. The highest BCUT2D eigenvalue weighted by molar-refractivity contribution is 5.86. The second-order valence-corrected chi connectivity index (χ2v) is 4.38. The zero-order valence-corrected chi connectivity index (χ0v) is 10.2. The lowest BCUT2D eigenvalue weighted by molar-refractivity contribution is -0.158. The summed E-state index contributed by atoms with van der Waals surface area (Å²) in [5, 5.41) is 2.46. The number of amides is 1. The Morgan fingerprint density at radius 1 is 1.44 bits per heavy atom. The zero-order chi connectivity index (χ0) is 12.8. The summed E-state index contributed by atoms with van der Waals surface area (Å²) in [7, 11) is 0. The first-order valence-corrected chi connectivity index (χ1v) is 5.15. The monoisotopic (exact) mass is 226 g/mol. The maximum atomic E-state index is 11.6. The number of nitrogens with zero attached hydrogens (tertiary/aromatic N) is 1. The smallest absolute Gasteiger partial charge is 0.329 e. The summed E-state index contributed by atoms with van der Waals surface area (Å²) < 4.78 is 5.14. The normalized spacial score (nSPS) is 12.4. The molecule has 0 bridgehead atoms. The van der Waals surface area contributed by atoms with Gasteiger partial charge in [0.05, 0.1) is 0 Å². The highest BCUT2D eigenvalue weighted by Gasteiger charge is 2.25. The van der Waals surface area contributed by atoms with E-state index in [0.29, 0.717) is 6.42 Å². The first-order chi connectivity index (χ1) is 7.30. The summed E-state index contributed by atoms with van der Waals surface area (Å²) in [6.45, 7) is 13.3. The minimum atomic E-state index is -0.673. The Bertz CT molecular complexity index is 299. The molecular formula is C11H18N2O3. The van der Waals surface area contributed by atoms with Crippen molar-refractivity contribution in [2.75, 3.05) is 6.54 Å². The molecular weight excluding hydrogens is 208 g/mol. The molecule has 1 amide bonds. The van der Waals surface area contributed by atoms with Crippen LogP contribution in [-0.4, -0.2) is 30.1 Å². The van der Waals surface area contributed by atoms with Gasteiger partial charge < -0.3 is 14.9 Å². The lowest BCUT2D eigenvalue weighted by Gasteiger charge is -2.23. The quantitative estimate of drug-likeness (QED) is 0.577. The van der Waals surface area contributed by atoms with Gasteiger partial charge in [0.15, 0.2) is 0 Å². The molecule has 0 aliphatic carbocycles. The Kier molecular flexibility index (Phi) is 5.51. The third kappa shape index (κ3) is 6.02. The molecule has 90 valence electrons. The molecule has 0 fully saturated rings. The molecule has 1 N–H and O–H groups in total. The summed E-state index contributed by atoms with van der Waals surface area (Å²) >= 11 is 0. The summed E-state index contributed by atoms with van der Waals surface area (Å²) in [5.41, 5.74) is -0.574. The predicted octanol–water partition coefficient (Wildman–Crippen LogP) is 1.14. The summed E-state index contributed by atoms with van der Waals surface area (Å²) in [5.74, 6) is -0.916. The Labute approximate surface area is 96.0 Å². The van der Waals surface area contributed by atoms with Crippen LogP contribution in [0.4, 0.5) is 0 Å². The van der Waals surface area contributed by atoms with Crippen LogP contribution in [0.2, 0.25) is 0 Å². The molecule has 5 nitrogen and oxygen atoms in total. The maximum Gasteiger partial charge on any atom is 0.329 e. The predicted molar refractivity (Wildman–Crippen MR) is 59.5 cm³/mol. The van der Waals surface area contributed by atoms with Crippen LogP contribution in [0.1, 0.15) is 34.1 Å². The molecule has 0 aromatic carbocycles. The number of hydrogen-bond donors (Lipinski definition) is 1. The van der Waals surface area contributed by atoms with Crippen molar-refractivity contribution in [2.24, 2.45) is 0 Å². The number of nitrogens with one attached hydrogen (secondary N) is 1. The largest absolute Gasteiger partial charge is 0.458 e. The molecule has 0 spiro atoms. The van der Waals surface area contributed by atoms with E-state index in [2.05, 4.69) is 10.2 Å². The maximum absolute atomic E-state index is 11.6. The van der Waals surface area contributed by atoms with Crippen LogP contribution in [0, 0.1) is 6.57 Å². The van der Waals surface area contributed by atoms with Gasteiger partial charge in [-0.15, -0.1) is 0 Å². The van der Waals surface area contributed by atoms with E-state index in [1.54, 1.807) is 27.7 Å². The third-order valence-corrected chi connectivity index (χ3v) is 1.66. The molecule has 1 atom stereocenters. The van der Waals surface area contributed by atoms with Crippen molar-refractivity contribution in [3.8, 4) is 0 Å². The molecule has 5 heteroatoms. The number of hydrogen-bond acceptors (Lipinski definition) is 3. The Balaban J connectivity index is 4.34. The van der Waals surface area contributed by atoms with Crippen LogP contribution >= 0.6 is 0 Å². The van der Waals surface area contributed by atoms with Crippen LogP contribution in [0.3, 0.4) is 0 Å². The molecule has 0 rings (SSSR count). The van der Waals surface area contributed by atoms with E-state index in [-0.39, 0.29) is 6.54 Å². The van der Waals surface area contributed by atoms with Gasteiger partial charge in [0, 0.05) is 0 Å². The van der Waals surface area contributed by atoms with E-state index in [4.69, 9.17) is 11.3 Å². The fraction of sp³-hybridized carbons (Fsp3) is 0.727. The summed E-state index contributed by atoms with van der Waals surface area (Å²) in [6.07, 6.45) is 0.443. The number of rotatable bonds is 4. The van der Waals surface area contributed by atoms with Crippen molar-refractivity contribution in [3.05, 3.63) is 11.4 Å². The first-order valence-electron chi connectivity index (χ1n) is 5.15.